The van der Waals surface area contributed by atoms with Gasteiger partial charge in [-0.05, 0) is 23.8 Å². The van der Waals surface area contributed by atoms with Crippen LogP contribution in [0.2, 0.25) is 0 Å². The third-order valence-corrected chi connectivity index (χ3v) is 5.49. The predicted octanol–water partition coefficient (Wildman–Crippen LogP) is 3.55. The first kappa shape index (κ1) is 15.1. The molecule has 1 radical (unpaired) electrons. The molecule has 0 saturated heterocycles. The fraction of sp³-hybridized carbons (Fsp3) is 0. The fourth-order valence-electron chi connectivity index (χ4n) is 2.18. The molecule has 0 aliphatic rings. The molecule has 2 heteroatoms. The van der Waals surface area contributed by atoms with Crippen LogP contribution in [0.3, 0.4) is 0 Å². The van der Waals surface area contributed by atoms with Crippen LogP contribution in [0.25, 0.3) is 0 Å². The van der Waals surface area contributed by atoms with Crippen LogP contribution in [-0.2, 0) is 19.5 Å². The third-order valence-electron chi connectivity index (χ3n) is 3.04. The van der Waals surface area contributed by atoms with Crippen molar-refractivity contribution in [2.75, 3.05) is 0 Å². The van der Waals surface area contributed by atoms with Crippen molar-refractivity contribution >= 4 is 23.8 Å². The second-order valence-electron chi connectivity index (χ2n) is 4.34. The largest absolute Gasteiger partial charge is 1.00 e. The van der Waals surface area contributed by atoms with Crippen LogP contribution in [0, 0.1) is 0 Å². The molecular weight excluding hydrogens is 350 g/mol. The molecule has 3 aromatic carbocycles. The minimum absolute atomic E-state index is 0. The smallest absolute Gasteiger partial charge is 0 e. The quantitative estimate of drug-likeness (QED) is 0.491. The van der Waals surface area contributed by atoms with E-state index in [0.717, 1.165) is 0 Å². The van der Waals surface area contributed by atoms with E-state index in [2.05, 4.69) is 91.0 Å². The van der Waals surface area contributed by atoms with Crippen molar-refractivity contribution in [3.05, 3.63) is 91.0 Å². The van der Waals surface area contributed by atoms with Gasteiger partial charge in [-0.1, -0.05) is 91.0 Å². The van der Waals surface area contributed by atoms with Gasteiger partial charge in [0.05, 0.1) is 0 Å². The van der Waals surface area contributed by atoms with E-state index in [0.29, 0.717) is 0 Å². The molecule has 0 aromatic heterocycles. The molecule has 0 atom stereocenters. The predicted molar refractivity (Wildman–Crippen MR) is 86.3 cm³/mol. The van der Waals surface area contributed by atoms with E-state index in [4.69, 9.17) is 0 Å². The summed E-state index contributed by atoms with van der Waals surface area (Å²) in [6, 6.07) is 32.3. The molecule has 0 aliphatic carbocycles. The van der Waals surface area contributed by atoms with E-state index >= 15 is 0 Å². The van der Waals surface area contributed by atoms with Gasteiger partial charge in [0.1, 0.15) is 0 Å². The monoisotopic (exact) mass is 366 g/mol. The van der Waals surface area contributed by atoms with Crippen LogP contribution in [0.4, 0.5) is 0 Å². The molecule has 0 amide bonds. The molecule has 0 fully saturated rings. The molecule has 0 aliphatic heterocycles. The van der Waals surface area contributed by atoms with E-state index in [1.165, 1.54) is 15.9 Å². The Hall–Kier alpha value is -1.29. The molecule has 20 heavy (non-hydrogen) atoms. The van der Waals surface area contributed by atoms with Crippen LogP contribution in [0.5, 0.6) is 0 Å². The second-order valence-corrected chi connectivity index (χ2v) is 6.56. The summed E-state index contributed by atoms with van der Waals surface area (Å²) in [6.07, 6.45) is 0. The Morgan fingerprint density at radius 3 is 0.950 bits per heavy atom. The van der Waals surface area contributed by atoms with Crippen molar-refractivity contribution in [1.82, 2.24) is 0 Å². The summed E-state index contributed by atoms with van der Waals surface area (Å²) in [5.74, 6) is 0. The van der Waals surface area contributed by atoms with Crippen LogP contribution < -0.4 is 15.9 Å². The SMILES string of the molecule is [H-].[Rh].c1ccc(P(c2ccccc2)c2ccccc2)cc1. The first-order valence-electron chi connectivity index (χ1n) is 6.40. The Labute approximate surface area is 135 Å². The first-order chi connectivity index (χ1) is 9.45. The van der Waals surface area contributed by atoms with Crippen LogP contribution in [0.15, 0.2) is 91.0 Å². The van der Waals surface area contributed by atoms with Crippen molar-refractivity contribution in [3.8, 4) is 0 Å². The maximum Gasteiger partial charge on any atom is 0 e. The maximum atomic E-state index is 2.23. The normalized spacial score (nSPS) is 10.1. The maximum absolute atomic E-state index is 2.23. The van der Waals surface area contributed by atoms with E-state index in [1.807, 2.05) is 0 Å². The fourth-order valence-corrected chi connectivity index (χ4v) is 4.48. The summed E-state index contributed by atoms with van der Waals surface area (Å²) in [5, 5.41) is 4.19. The van der Waals surface area contributed by atoms with Gasteiger partial charge in [0, 0.05) is 19.5 Å². The van der Waals surface area contributed by atoms with Crippen molar-refractivity contribution in [2.24, 2.45) is 0 Å². The number of hydrogen-bond acceptors (Lipinski definition) is 0. The molecule has 0 nitrogen and oxygen atoms in total. The Bertz CT molecular complexity index is 535. The van der Waals surface area contributed by atoms with E-state index in [-0.39, 0.29) is 20.9 Å². The van der Waals surface area contributed by atoms with Gasteiger partial charge in [0.15, 0.2) is 0 Å². The van der Waals surface area contributed by atoms with Crippen molar-refractivity contribution in [2.45, 2.75) is 0 Å². The minimum atomic E-state index is -0.446. The molecular formula is C18H16PRh-. The third kappa shape index (κ3) is 3.42. The summed E-state index contributed by atoms with van der Waals surface area (Å²) < 4.78 is 0. The molecule has 0 heterocycles. The Morgan fingerprint density at radius 2 is 0.700 bits per heavy atom. The molecule has 3 rings (SSSR count). The van der Waals surface area contributed by atoms with E-state index in [9.17, 15) is 0 Å². The number of benzene rings is 3. The van der Waals surface area contributed by atoms with Crippen LogP contribution >= 0.6 is 7.92 Å². The van der Waals surface area contributed by atoms with Crippen LogP contribution in [-0.4, -0.2) is 0 Å². The average molecular weight is 366 g/mol. The average Bonchev–Trinajstić information content (AvgIpc) is 2.51. The second kappa shape index (κ2) is 7.48. The van der Waals surface area contributed by atoms with Crippen LogP contribution in [0.1, 0.15) is 1.43 Å². The Morgan fingerprint density at radius 1 is 0.450 bits per heavy atom. The molecule has 0 bridgehead atoms. The Kier molecular flexibility index (Phi) is 5.65. The molecule has 0 unspecified atom stereocenters. The Balaban J connectivity index is 0.00000110. The minimum Gasteiger partial charge on any atom is -1.00 e. The van der Waals surface area contributed by atoms with Crippen molar-refractivity contribution in [3.63, 3.8) is 0 Å². The van der Waals surface area contributed by atoms with Gasteiger partial charge in [-0.25, -0.2) is 0 Å². The van der Waals surface area contributed by atoms with Gasteiger partial charge in [-0.3, -0.25) is 0 Å². The summed E-state index contributed by atoms with van der Waals surface area (Å²) in [6.45, 7) is 0. The van der Waals surface area contributed by atoms with Gasteiger partial charge in [0.25, 0.3) is 0 Å². The number of hydrogen-bond donors (Lipinski definition) is 0. The van der Waals surface area contributed by atoms with Crippen molar-refractivity contribution < 1.29 is 20.9 Å². The zero-order valence-corrected chi connectivity index (χ0v) is 13.5. The van der Waals surface area contributed by atoms with E-state index in [1.54, 1.807) is 0 Å². The standard InChI is InChI=1S/C18H15P.Rh.H/c1-4-10-16(11-5-1)19(17-12-6-2-7-13-17)18-14-8-3-9-15-18;;/h1-15H;;/q;;-1. The topological polar surface area (TPSA) is 0 Å². The van der Waals surface area contributed by atoms with Gasteiger partial charge in [-0.15, -0.1) is 0 Å². The summed E-state index contributed by atoms with van der Waals surface area (Å²) in [7, 11) is -0.446. The van der Waals surface area contributed by atoms with Gasteiger partial charge >= 0.3 is 0 Å². The first-order valence-corrected chi connectivity index (χ1v) is 7.74. The summed E-state index contributed by atoms with van der Waals surface area (Å²) in [5.41, 5.74) is 0. The molecule has 0 spiro atoms. The van der Waals surface area contributed by atoms with Crippen molar-refractivity contribution in [1.29, 1.82) is 0 Å². The van der Waals surface area contributed by atoms with Gasteiger partial charge in [-0.2, -0.15) is 0 Å². The summed E-state index contributed by atoms with van der Waals surface area (Å²) in [4.78, 5) is 0. The molecule has 103 valence electrons. The zero-order chi connectivity index (χ0) is 12.9. The molecule has 0 N–H and O–H groups in total. The summed E-state index contributed by atoms with van der Waals surface area (Å²) >= 11 is 0. The van der Waals surface area contributed by atoms with Gasteiger partial charge in [0.2, 0.25) is 0 Å². The van der Waals surface area contributed by atoms with Gasteiger partial charge < -0.3 is 1.43 Å². The molecule has 0 saturated carbocycles. The van der Waals surface area contributed by atoms with E-state index < -0.39 is 7.92 Å². The zero-order valence-electron chi connectivity index (χ0n) is 11.9. The number of rotatable bonds is 3. The molecule has 3 aromatic rings.